The van der Waals surface area contributed by atoms with Crippen LogP contribution < -0.4 is 11.0 Å². The Morgan fingerprint density at radius 3 is 2.49 bits per heavy atom. The standard InChI is InChI=1S/C25H24Cl2N6O2/c1-15-19(10-17(26)11-28-15)24(34)31-18-8-6-16(7-9-18)14-32-20-4-2-3-5-21(20)33(25(32)35)23-13-29-22(27)12-30-23/h2-5,10-13,16,18H,6-9,14H2,1H3,(H,31,34)/t16-,18-. The highest BCUT2D eigenvalue weighted by Gasteiger charge is 2.26. The van der Waals surface area contributed by atoms with Crippen molar-refractivity contribution in [1.29, 1.82) is 0 Å². The molecule has 0 bridgehead atoms. The molecule has 0 atom stereocenters. The highest BCUT2D eigenvalue weighted by molar-refractivity contribution is 6.30. The van der Waals surface area contributed by atoms with Crippen molar-refractivity contribution in [2.24, 2.45) is 5.92 Å². The van der Waals surface area contributed by atoms with Crippen molar-refractivity contribution in [2.75, 3.05) is 0 Å². The summed E-state index contributed by atoms with van der Waals surface area (Å²) in [5, 5.41) is 3.84. The molecular formula is C25H24Cl2N6O2. The molecular weight excluding hydrogens is 487 g/mol. The Morgan fingerprint density at radius 1 is 1.03 bits per heavy atom. The first-order valence-electron chi connectivity index (χ1n) is 11.5. The molecule has 1 saturated carbocycles. The number of amides is 1. The minimum Gasteiger partial charge on any atom is -0.349 e. The van der Waals surface area contributed by atoms with E-state index in [9.17, 15) is 9.59 Å². The zero-order valence-electron chi connectivity index (χ0n) is 19.1. The van der Waals surface area contributed by atoms with Gasteiger partial charge in [-0.15, -0.1) is 0 Å². The van der Waals surface area contributed by atoms with E-state index < -0.39 is 0 Å². The van der Waals surface area contributed by atoms with Gasteiger partial charge in [0, 0.05) is 18.8 Å². The first-order valence-corrected chi connectivity index (χ1v) is 12.3. The van der Waals surface area contributed by atoms with Crippen LogP contribution in [0.5, 0.6) is 0 Å². The van der Waals surface area contributed by atoms with Crippen LogP contribution in [0, 0.1) is 12.8 Å². The number of carbonyl (C=O) groups is 1. The third kappa shape index (κ3) is 4.81. The number of aromatic nitrogens is 5. The molecule has 0 radical (unpaired) electrons. The first-order chi connectivity index (χ1) is 16.9. The lowest BCUT2D eigenvalue weighted by Gasteiger charge is -2.29. The summed E-state index contributed by atoms with van der Waals surface area (Å²) in [5.74, 6) is 0.613. The van der Waals surface area contributed by atoms with Crippen LogP contribution in [0.15, 0.2) is 53.7 Å². The average Bonchev–Trinajstić information content (AvgIpc) is 3.13. The molecule has 1 aliphatic carbocycles. The van der Waals surface area contributed by atoms with E-state index in [2.05, 4.69) is 20.3 Å². The van der Waals surface area contributed by atoms with Crippen LogP contribution in [0.25, 0.3) is 16.9 Å². The van der Waals surface area contributed by atoms with Gasteiger partial charge in [0.05, 0.1) is 39.7 Å². The number of benzene rings is 1. The molecule has 0 saturated heterocycles. The van der Waals surface area contributed by atoms with E-state index >= 15 is 0 Å². The van der Waals surface area contributed by atoms with Gasteiger partial charge in [0.15, 0.2) is 5.82 Å². The molecule has 1 amide bonds. The molecule has 0 spiro atoms. The average molecular weight is 511 g/mol. The Bertz CT molecular complexity index is 1440. The van der Waals surface area contributed by atoms with Crippen molar-refractivity contribution in [1.82, 2.24) is 29.4 Å². The molecule has 3 heterocycles. The highest BCUT2D eigenvalue weighted by atomic mass is 35.5. The number of nitrogens with zero attached hydrogens (tertiary/aromatic N) is 5. The second-order valence-corrected chi connectivity index (χ2v) is 9.72. The Morgan fingerprint density at radius 2 is 1.77 bits per heavy atom. The largest absolute Gasteiger partial charge is 0.349 e. The molecule has 1 fully saturated rings. The van der Waals surface area contributed by atoms with E-state index in [1.807, 2.05) is 28.8 Å². The monoisotopic (exact) mass is 510 g/mol. The van der Waals surface area contributed by atoms with Gasteiger partial charge in [-0.3, -0.25) is 14.3 Å². The van der Waals surface area contributed by atoms with Gasteiger partial charge in [-0.25, -0.2) is 19.3 Å². The number of fused-ring (bicyclic) bond motifs is 1. The lowest BCUT2D eigenvalue weighted by atomic mass is 9.85. The lowest BCUT2D eigenvalue weighted by molar-refractivity contribution is 0.0919. The zero-order chi connectivity index (χ0) is 24.5. The summed E-state index contributed by atoms with van der Waals surface area (Å²) in [6, 6.07) is 9.41. The molecule has 1 aliphatic rings. The molecule has 5 rings (SSSR count). The zero-order valence-corrected chi connectivity index (χ0v) is 20.6. The number of pyridine rings is 1. The van der Waals surface area contributed by atoms with Gasteiger partial charge < -0.3 is 5.32 Å². The van der Waals surface area contributed by atoms with E-state index in [1.165, 1.54) is 18.6 Å². The summed E-state index contributed by atoms with van der Waals surface area (Å²) in [7, 11) is 0. The smallest absolute Gasteiger partial charge is 0.334 e. The Kier molecular flexibility index (Phi) is 6.58. The first kappa shape index (κ1) is 23.5. The quantitative estimate of drug-likeness (QED) is 0.423. The van der Waals surface area contributed by atoms with Crippen molar-refractivity contribution < 1.29 is 4.79 Å². The molecule has 180 valence electrons. The fourth-order valence-corrected chi connectivity index (χ4v) is 5.03. The fourth-order valence-electron chi connectivity index (χ4n) is 4.78. The van der Waals surface area contributed by atoms with Crippen LogP contribution in [-0.4, -0.2) is 36.0 Å². The van der Waals surface area contributed by atoms with Crippen molar-refractivity contribution in [3.63, 3.8) is 0 Å². The Labute approximate surface area is 211 Å². The van der Waals surface area contributed by atoms with E-state index in [1.54, 1.807) is 17.6 Å². The number of aryl methyl sites for hydroxylation is 1. The number of carbonyl (C=O) groups excluding carboxylic acids is 1. The molecule has 10 heteroatoms. The number of rotatable bonds is 5. The maximum atomic E-state index is 13.4. The van der Waals surface area contributed by atoms with Gasteiger partial charge >= 0.3 is 5.69 Å². The summed E-state index contributed by atoms with van der Waals surface area (Å²) in [5.41, 5.74) is 2.64. The molecule has 8 nitrogen and oxygen atoms in total. The second-order valence-electron chi connectivity index (χ2n) is 8.89. The van der Waals surface area contributed by atoms with Crippen molar-refractivity contribution in [3.8, 4) is 5.82 Å². The summed E-state index contributed by atoms with van der Waals surface area (Å²) < 4.78 is 3.39. The topological polar surface area (TPSA) is 94.7 Å². The molecule has 1 aromatic carbocycles. The maximum Gasteiger partial charge on any atom is 0.334 e. The minimum atomic E-state index is -0.151. The summed E-state index contributed by atoms with van der Waals surface area (Å²) in [6.45, 7) is 2.40. The minimum absolute atomic E-state index is 0.0829. The third-order valence-electron chi connectivity index (χ3n) is 6.59. The van der Waals surface area contributed by atoms with Crippen LogP contribution in [0.1, 0.15) is 41.7 Å². The van der Waals surface area contributed by atoms with Crippen LogP contribution in [-0.2, 0) is 6.54 Å². The van der Waals surface area contributed by atoms with Crippen LogP contribution >= 0.6 is 23.2 Å². The van der Waals surface area contributed by atoms with Gasteiger partial charge in [-0.2, -0.15) is 0 Å². The predicted octanol–water partition coefficient (Wildman–Crippen LogP) is 4.58. The van der Waals surface area contributed by atoms with Gasteiger partial charge in [-0.1, -0.05) is 35.3 Å². The third-order valence-corrected chi connectivity index (χ3v) is 6.99. The molecule has 3 aromatic heterocycles. The van der Waals surface area contributed by atoms with Crippen molar-refractivity contribution in [3.05, 3.63) is 80.8 Å². The molecule has 4 aromatic rings. The number of hydrogen-bond acceptors (Lipinski definition) is 5. The van der Waals surface area contributed by atoms with Crippen molar-refractivity contribution >= 4 is 40.1 Å². The van der Waals surface area contributed by atoms with Crippen LogP contribution in [0.4, 0.5) is 0 Å². The summed E-state index contributed by atoms with van der Waals surface area (Å²) in [6.07, 6.45) is 7.99. The predicted molar refractivity (Wildman–Crippen MR) is 135 cm³/mol. The maximum absolute atomic E-state index is 13.4. The van der Waals surface area contributed by atoms with Gasteiger partial charge in [0.2, 0.25) is 0 Å². The van der Waals surface area contributed by atoms with Crippen molar-refractivity contribution in [2.45, 2.75) is 45.2 Å². The van der Waals surface area contributed by atoms with Crippen LogP contribution in [0.2, 0.25) is 10.2 Å². The molecule has 0 aliphatic heterocycles. The Hall–Kier alpha value is -3.23. The van der Waals surface area contributed by atoms with E-state index in [-0.39, 0.29) is 22.8 Å². The van der Waals surface area contributed by atoms with Gasteiger partial charge in [0.25, 0.3) is 5.91 Å². The number of halogens is 2. The van der Waals surface area contributed by atoms with Gasteiger partial charge in [0.1, 0.15) is 5.15 Å². The van der Waals surface area contributed by atoms with Gasteiger partial charge in [-0.05, 0) is 56.7 Å². The van der Waals surface area contributed by atoms with E-state index in [0.717, 1.165) is 36.7 Å². The van der Waals surface area contributed by atoms with Crippen LogP contribution in [0.3, 0.4) is 0 Å². The molecule has 1 N–H and O–H groups in total. The SMILES string of the molecule is Cc1ncc(Cl)cc1C(=O)N[C@H]1CC[C@H](Cn2c(=O)n(-c3cnc(Cl)cn3)c3ccccc32)CC1. The van der Waals surface area contributed by atoms with E-state index in [4.69, 9.17) is 23.2 Å². The number of nitrogens with one attached hydrogen (secondary N) is 1. The summed E-state index contributed by atoms with van der Waals surface area (Å²) in [4.78, 5) is 38.7. The lowest BCUT2D eigenvalue weighted by Crippen LogP contribution is -2.39. The number of hydrogen-bond donors (Lipinski definition) is 1. The summed E-state index contributed by atoms with van der Waals surface area (Å²) >= 11 is 11.9. The highest BCUT2D eigenvalue weighted by Crippen LogP contribution is 2.27. The number of para-hydroxylation sites is 2. The Balaban J connectivity index is 1.30. The normalized spacial score (nSPS) is 18.0. The second kappa shape index (κ2) is 9.79. The fraction of sp³-hybridized carbons (Fsp3) is 0.320. The molecule has 35 heavy (non-hydrogen) atoms. The molecule has 0 unspecified atom stereocenters. The number of imidazole rings is 1. The van der Waals surface area contributed by atoms with E-state index in [0.29, 0.717) is 34.6 Å².